The zero-order valence-electron chi connectivity index (χ0n) is 12.6. The van der Waals surface area contributed by atoms with Crippen LogP contribution in [0.25, 0.3) is 0 Å². The van der Waals surface area contributed by atoms with Gasteiger partial charge >= 0.3 is 0 Å². The number of hydrogen-bond donors (Lipinski definition) is 1. The van der Waals surface area contributed by atoms with Gasteiger partial charge in [0, 0.05) is 18.3 Å². The maximum atomic E-state index is 4.43. The Morgan fingerprint density at radius 1 is 1.15 bits per heavy atom. The average Bonchev–Trinajstić information content (AvgIpc) is 2.47. The molecule has 1 aromatic heterocycles. The van der Waals surface area contributed by atoms with Crippen LogP contribution in [0.1, 0.15) is 43.3 Å². The van der Waals surface area contributed by atoms with Crippen LogP contribution in [0.5, 0.6) is 0 Å². The van der Waals surface area contributed by atoms with Crippen molar-refractivity contribution in [3.63, 3.8) is 0 Å². The van der Waals surface area contributed by atoms with Crippen molar-refractivity contribution in [3.8, 4) is 0 Å². The van der Waals surface area contributed by atoms with Gasteiger partial charge in [-0.2, -0.15) is 0 Å². The SMILES string of the molecule is CCc1cc(NCCC(C)c2ccccc2)nc(C)n1. The summed E-state index contributed by atoms with van der Waals surface area (Å²) in [5.74, 6) is 2.33. The van der Waals surface area contributed by atoms with Crippen molar-refractivity contribution in [2.24, 2.45) is 0 Å². The minimum absolute atomic E-state index is 0.553. The Hall–Kier alpha value is -1.90. The lowest BCUT2D eigenvalue weighted by molar-refractivity contribution is 0.704. The minimum atomic E-state index is 0.553. The van der Waals surface area contributed by atoms with Crippen LogP contribution in [-0.2, 0) is 6.42 Å². The molecule has 1 aromatic carbocycles. The van der Waals surface area contributed by atoms with Gasteiger partial charge < -0.3 is 5.32 Å². The fourth-order valence-electron chi connectivity index (χ4n) is 2.27. The van der Waals surface area contributed by atoms with Crippen molar-refractivity contribution in [2.75, 3.05) is 11.9 Å². The second kappa shape index (κ2) is 7.04. The molecule has 1 unspecified atom stereocenters. The summed E-state index contributed by atoms with van der Waals surface area (Å²) in [4.78, 5) is 8.82. The van der Waals surface area contributed by atoms with Crippen LogP contribution in [-0.4, -0.2) is 16.5 Å². The highest BCUT2D eigenvalue weighted by atomic mass is 15.0. The van der Waals surface area contributed by atoms with E-state index in [-0.39, 0.29) is 0 Å². The Morgan fingerprint density at radius 3 is 2.60 bits per heavy atom. The highest BCUT2D eigenvalue weighted by molar-refractivity contribution is 5.36. The summed E-state index contributed by atoms with van der Waals surface area (Å²) in [6, 6.07) is 12.7. The number of benzene rings is 1. The average molecular weight is 269 g/mol. The van der Waals surface area contributed by atoms with Crippen LogP contribution in [0.15, 0.2) is 36.4 Å². The summed E-state index contributed by atoms with van der Waals surface area (Å²) in [5.41, 5.74) is 2.48. The molecule has 0 aliphatic carbocycles. The Kier molecular flexibility index (Phi) is 5.10. The molecule has 0 radical (unpaired) electrons. The second-order valence-electron chi connectivity index (χ2n) is 5.17. The van der Waals surface area contributed by atoms with E-state index in [1.807, 2.05) is 13.0 Å². The van der Waals surface area contributed by atoms with Crippen LogP contribution < -0.4 is 5.32 Å². The maximum Gasteiger partial charge on any atom is 0.129 e. The third-order valence-electron chi connectivity index (χ3n) is 3.51. The summed E-state index contributed by atoms with van der Waals surface area (Å²) in [7, 11) is 0. The van der Waals surface area contributed by atoms with Gasteiger partial charge in [-0.05, 0) is 31.2 Å². The Labute approximate surface area is 121 Å². The van der Waals surface area contributed by atoms with Crippen molar-refractivity contribution >= 4 is 5.82 Å². The van der Waals surface area contributed by atoms with Gasteiger partial charge in [0.15, 0.2) is 0 Å². The molecule has 2 aromatic rings. The lowest BCUT2D eigenvalue weighted by Gasteiger charge is -2.13. The molecule has 0 amide bonds. The van der Waals surface area contributed by atoms with Gasteiger partial charge in [-0.1, -0.05) is 44.2 Å². The van der Waals surface area contributed by atoms with E-state index < -0.39 is 0 Å². The van der Waals surface area contributed by atoms with Gasteiger partial charge in [-0.3, -0.25) is 0 Å². The van der Waals surface area contributed by atoms with Gasteiger partial charge in [0.2, 0.25) is 0 Å². The van der Waals surface area contributed by atoms with E-state index in [9.17, 15) is 0 Å². The van der Waals surface area contributed by atoms with Crippen LogP contribution in [0, 0.1) is 6.92 Å². The van der Waals surface area contributed by atoms with E-state index in [4.69, 9.17) is 0 Å². The zero-order chi connectivity index (χ0) is 14.4. The first-order valence-electron chi connectivity index (χ1n) is 7.32. The van der Waals surface area contributed by atoms with Crippen molar-refractivity contribution in [3.05, 3.63) is 53.5 Å². The second-order valence-corrected chi connectivity index (χ2v) is 5.17. The minimum Gasteiger partial charge on any atom is -0.370 e. The summed E-state index contributed by atoms with van der Waals surface area (Å²) < 4.78 is 0. The van der Waals surface area contributed by atoms with Gasteiger partial charge in [-0.25, -0.2) is 9.97 Å². The molecule has 0 bridgehead atoms. The van der Waals surface area contributed by atoms with Gasteiger partial charge in [0.1, 0.15) is 11.6 Å². The van der Waals surface area contributed by atoms with Crippen LogP contribution in [0.3, 0.4) is 0 Å². The number of nitrogens with zero attached hydrogens (tertiary/aromatic N) is 2. The molecule has 0 saturated carbocycles. The Bertz CT molecular complexity index is 537. The number of nitrogens with one attached hydrogen (secondary N) is 1. The quantitative estimate of drug-likeness (QED) is 0.862. The number of anilines is 1. The van der Waals surface area contributed by atoms with E-state index in [0.717, 1.165) is 36.7 Å². The first-order valence-corrected chi connectivity index (χ1v) is 7.32. The molecule has 1 heterocycles. The van der Waals surface area contributed by atoms with Crippen molar-refractivity contribution in [1.29, 1.82) is 0 Å². The lowest BCUT2D eigenvalue weighted by Crippen LogP contribution is -2.08. The van der Waals surface area contributed by atoms with Crippen molar-refractivity contribution in [2.45, 2.75) is 39.5 Å². The van der Waals surface area contributed by atoms with Gasteiger partial charge in [-0.15, -0.1) is 0 Å². The number of aryl methyl sites for hydroxylation is 2. The molecule has 0 spiro atoms. The molecule has 0 saturated heterocycles. The number of hydrogen-bond acceptors (Lipinski definition) is 3. The van der Waals surface area contributed by atoms with E-state index in [2.05, 4.69) is 59.5 Å². The molecule has 20 heavy (non-hydrogen) atoms. The molecule has 1 atom stereocenters. The normalized spacial score (nSPS) is 12.2. The third kappa shape index (κ3) is 4.05. The summed E-state index contributed by atoms with van der Waals surface area (Å²) in [5, 5.41) is 3.41. The van der Waals surface area contributed by atoms with Crippen molar-refractivity contribution in [1.82, 2.24) is 9.97 Å². The van der Waals surface area contributed by atoms with Gasteiger partial charge in [0.25, 0.3) is 0 Å². The maximum absolute atomic E-state index is 4.43. The standard InChI is InChI=1S/C17H23N3/c1-4-16-12-17(20-14(3)19-16)18-11-10-13(2)15-8-6-5-7-9-15/h5-9,12-13H,4,10-11H2,1-3H3,(H,18,19,20). The smallest absolute Gasteiger partial charge is 0.129 e. The fraction of sp³-hybridized carbons (Fsp3) is 0.412. The van der Waals surface area contributed by atoms with Crippen LogP contribution in [0.4, 0.5) is 5.82 Å². The molecule has 1 N–H and O–H groups in total. The molecule has 3 heteroatoms. The van der Waals surface area contributed by atoms with Gasteiger partial charge in [0.05, 0.1) is 0 Å². The van der Waals surface area contributed by atoms with Crippen LogP contribution in [0.2, 0.25) is 0 Å². The Morgan fingerprint density at radius 2 is 1.90 bits per heavy atom. The van der Waals surface area contributed by atoms with E-state index in [1.165, 1.54) is 5.56 Å². The predicted octanol–water partition coefficient (Wildman–Crippen LogP) is 3.95. The first-order chi connectivity index (χ1) is 9.69. The number of aromatic nitrogens is 2. The highest BCUT2D eigenvalue weighted by Gasteiger charge is 2.05. The number of rotatable bonds is 6. The lowest BCUT2D eigenvalue weighted by atomic mass is 9.98. The van der Waals surface area contributed by atoms with E-state index in [1.54, 1.807) is 0 Å². The highest BCUT2D eigenvalue weighted by Crippen LogP contribution is 2.18. The van der Waals surface area contributed by atoms with Crippen molar-refractivity contribution < 1.29 is 0 Å². The van der Waals surface area contributed by atoms with E-state index in [0.29, 0.717) is 5.92 Å². The molecule has 106 valence electrons. The molecular weight excluding hydrogens is 246 g/mol. The topological polar surface area (TPSA) is 37.8 Å². The largest absolute Gasteiger partial charge is 0.370 e. The monoisotopic (exact) mass is 269 g/mol. The molecular formula is C17H23N3. The van der Waals surface area contributed by atoms with E-state index >= 15 is 0 Å². The fourth-order valence-corrected chi connectivity index (χ4v) is 2.27. The summed E-state index contributed by atoms with van der Waals surface area (Å²) in [6.07, 6.45) is 2.03. The summed E-state index contributed by atoms with van der Waals surface area (Å²) >= 11 is 0. The molecule has 0 aliphatic heterocycles. The molecule has 3 nitrogen and oxygen atoms in total. The summed E-state index contributed by atoms with van der Waals surface area (Å²) in [6.45, 7) is 7.25. The first kappa shape index (κ1) is 14.5. The molecule has 2 rings (SSSR count). The Balaban J connectivity index is 1.88. The third-order valence-corrected chi connectivity index (χ3v) is 3.51. The zero-order valence-corrected chi connectivity index (χ0v) is 12.6. The molecule has 0 aliphatic rings. The molecule has 0 fully saturated rings. The predicted molar refractivity (Wildman–Crippen MR) is 84.1 cm³/mol. The van der Waals surface area contributed by atoms with Crippen LogP contribution >= 0.6 is 0 Å².